The number of rotatable bonds is 8. The van der Waals surface area contributed by atoms with Gasteiger partial charge in [-0.05, 0) is 44.6 Å². The monoisotopic (exact) mass is 276 g/mol. The molecular weight excluding hydrogens is 250 g/mol. The SMILES string of the molecule is CN(C)CCCOc1ccc(CNC2CC[N]C2)cc1. The van der Waals surface area contributed by atoms with Gasteiger partial charge in [0.1, 0.15) is 5.75 Å². The van der Waals surface area contributed by atoms with Gasteiger partial charge >= 0.3 is 0 Å². The van der Waals surface area contributed by atoms with Crippen molar-refractivity contribution in [3.8, 4) is 5.75 Å². The molecule has 1 fully saturated rings. The van der Waals surface area contributed by atoms with Gasteiger partial charge in [0.05, 0.1) is 6.61 Å². The Hall–Kier alpha value is -1.10. The molecule has 1 aliphatic rings. The van der Waals surface area contributed by atoms with Crippen LogP contribution in [0.25, 0.3) is 0 Å². The molecule has 1 aromatic carbocycles. The lowest BCUT2D eigenvalue weighted by Gasteiger charge is -2.12. The van der Waals surface area contributed by atoms with Crippen molar-refractivity contribution in [2.45, 2.75) is 25.4 Å². The van der Waals surface area contributed by atoms with Crippen molar-refractivity contribution in [2.75, 3.05) is 40.3 Å². The highest BCUT2D eigenvalue weighted by atomic mass is 16.5. The molecular formula is C16H26N3O. The summed E-state index contributed by atoms with van der Waals surface area (Å²) in [5.74, 6) is 0.961. The van der Waals surface area contributed by atoms with E-state index >= 15 is 0 Å². The molecule has 1 heterocycles. The van der Waals surface area contributed by atoms with Gasteiger partial charge in [-0.15, -0.1) is 0 Å². The number of nitrogens with zero attached hydrogens (tertiary/aromatic N) is 2. The van der Waals surface area contributed by atoms with E-state index in [0.717, 1.165) is 45.0 Å². The zero-order chi connectivity index (χ0) is 14.2. The Balaban J connectivity index is 1.66. The van der Waals surface area contributed by atoms with E-state index in [2.05, 4.69) is 53.9 Å². The van der Waals surface area contributed by atoms with Gasteiger partial charge in [0.15, 0.2) is 0 Å². The average molecular weight is 276 g/mol. The van der Waals surface area contributed by atoms with Crippen molar-refractivity contribution < 1.29 is 4.74 Å². The Kier molecular flexibility index (Phi) is 6.30. The normalized spacial score (nSPS) is 18.6. The summed E-state index contributed by atoms with van der Waals surface area (Å²) in [7, 11) is 4.17. The predicted octanol–water partition coefficient (Wildman–Crippen LogP) is 1.48. The van der Waals surface area contributed by atoms with Gasteiger partial charge in [-0.2, -0.15) is 0 Å². The van der Waals surface area contributed by atoms with Crippen LogP contribution in [0.1, 0.15) is 18.4 Å². The van der Waals surface area contributed by atoms with E-state index in [4.69, 9.17) is 4.74 Å². The highest BCUT2D eigenvalue weighted by molar-refractivity contribution is 5.27. The summed E-state index contributed by atoms with van der Waals surface area (Å²) in [6.07, 6.45) is 2.23. The first-order valence-corrected chi connectivity index (χ1v) is 7.47. The van der Waals surface area contributed by atoms with Crippen molar-refractivity contribution in [1.82, 2.24) is 15.5 Å². The summed E-state index contributed by atoms with van der Waals surface area (Å²) in [6.45, 7) is 4.74. The first-order valence-electron chi connectivity index (χ1n) is 7.47. The van der Waals surface area contributed by atoms with Crippen molar-refractivity contribution in [1.29, 1.82) is 0 Å². The van der Waals surface area contributed by atoms with Crippen LogP contribution in [0.4, 0.5) is 0 Å². The minimum atomic E-state index is 0.567. The Labute approximate surface area is 122 Å². The van der Waals surface area contributed by atoms with Gasteiger partial charge in [-0.3, -0.25) is 0 Å². The standard InChI is InChI=1S/C16H26N3O/c1-19(2)10-3-11-20-16-6-4-14(5-7-16)12-18-15-8-9-17-13-15/h4-7,15,18H,3,8-13H2,1-2H3. The second-order valence-corrected chi connectivity index (χ2v) is 5.65. The van der Waals surface area contributed by atoms with E-state index in [1.807, 2.05) is 0 Å². The van der Waals surface area contributed by atoms with Crippen LogP contribution in [-0.4, -0.2) is 51.3 Å². The van der Waals surface area contributed by atoms with Crippen LogP contribution in [0.2, 0.25) is 0 Å². The number of nitrogens with one attached hydrogen (secondary N) is 1. The molecule has 1 N–H and O–H groups in total. The maximum atomic E-state index is 5.73. The molecule has 0 amide bonds. The zero-order valence-electron chi connectivity index (χ0n) is 12.6. The first kappa shape index (κ1) is 15.3. The van der Waals surface area contributed by atoms with Crippen molar-refractivity contribution in [3.63, 3.8) is 0 Å². The summed E-state index contributed by atoms with van der Waals surface area (Å²) in [6, 6.07) is 8.97. The van der Waals surface area contributed by atoms with Crippen molar-refractivity contribution in [3.05, 3.63) is 29.8 Å². The predicted molar refractivity (Wildman–Crippen MR) is 82.2 cm³/mol. The molecule has 1 atom stereocenters. The number of ether oxygens (including phenoxy) is 1. The van der Waals surface area contributed by atoms with Gasteiger partial charge in [0, 0.05) is 32.2 Å². The van der Waals surface area contributed by atoms with Crippen LogP contribution in [0.3, 0.4) is 0 Å². The Morgan fingerprint density at radius 1 is 1.30 bits per heavy atom. The molecule has 0 spiro atoms. The second-order valence-electron chi connectivity index (χ2n) is 5.65. The van der Waals surface area contributed by atoms with Crippen molar-refractivity contribution in [2.24, 2.45) is 0 Å². The lowest BCUT2D eigenvalue weighted by molar-refractivity contribution is 0.281. The summed E-state index contributed by atoms with van der Waals surface area (Å²) in [5, 5.41) is 7.90. The van der Waals surface area contributed by atoms with E-state index in [1.54, 1.807) is 0 Å². The molecule has 2 rings (SSSR count). The van der Waals surface area contributed by atoms with Crippen LogP contribution in [-0.2, 0) is 6.54 Å². The molecule has 20 heavy (non-hydrogen) atoms. The molecule has 4 nitrogen and oxygen atoms in total. The molecule has 0 saturated carbocycles. The third-order valence-electron chi connectivity index (χ3n) is 3.52. The topological polar surface area (TPSA) is 38.6 Å². The van der Waals surface area contributed by atoms with Gasteiger partial charge < -0.3 is 15.0 Å². The fraction of sp³-hybridized carbons (Fsp3) is 0.625. The minimum Gasteiger partial charge on any atom is -0.494 e. The van der Waals surface area contributed by atoms with Crippen molar-refractivity contribution >= 4 is 0 Å². The van der Waals surface area contributed by atoms with E-state index < -0.39 is 0 Å². The molecule has 1 unspecified atom stereocenters. The number of hydrogen-bond acceptors (Lipinski definition) is 3. The van der Waals surface area contributed by atoms with Crippen LogP contribution in [0.5, 0.6) is 5.75 Å². The van der Waals surface area contributed by atoms with E-state index in [1.165, 1.54) is 12.0 Å². The summed E-state index contributed by atoms with van der Waals surface area (Å²) >= 11 is 0. The molecule has 1 saturated heterocycles. The highest BCUT2D eigenvalue weighted by Gasteiger charge is 2.14. The Morgan fingerprint density at radius 2 is 2.10 bits per heavy atom. The third kappa shape index (κ3) is 5.49. The lowest BCUT2D eigenvalue weighted by Crippen LogP contribution is -2.29. The second kappa shape index (κ2) is 8.25. The molecule has 0 aromatic heterocycles. The highest BCUT2D eigenvalue weighted by Crippen LogP contribution is 2.13. The smallest absolute Gasteiger partial charge is 0.119 e. The van der Waals surface area contributed by atoms with Crippen LogP contribution in [0.15, 0.2) is 24.3 Å². The third-order valence-corrected chi connectivity index (χ3v) is 3.52. The molecule has 0 aliphatic carbocycles. The van der Waals surface area contributed by atoms with Gasteiger partial charge in [-0.25, -0.2) is 5.32 Å². The van der Waals surface area contributed by atoms with Gasteiger partial charge in [-0.1, -0.05) is 12.1 Å². The van der Waals surface area contributed by atoms with E-state index in [0.29, 0.717) is 6.04 Å². The Bertz CT molecular complexity index is 372. The molecule has 4 heteroatoms. The number of hydrogen-bond donors (Lipinski definition) is 1. The Morgan fingerprint density at radius 3 is 2.75 bits per heavy atom. The first-order chi connectivity index (χ1) is 9.74. The summed E-state index contributed by atoms with van der Waals surface area (Å²) < 4.78 is 5.73. The van der Waals surface area contributed by atoms with E-state index in [-0.39, 0.29) is 0 Å². The molecule has 0 bridgehead atoms. The molecule has 1 aliphatic heterocycles. The maximum Gasteiger partial charge on any atom is 0.119 e. The molecule has 1 radical (unpaired) electrons. The molecule has 1 aromatic rings. The van der Waals surface area contributed by atoms with Crippen LogP contribution < -0.4 is 15.4 Å². The largest absolute Gasteiger partial charge is 0.494 e. The van der Waals surface area contributed by atoms with Gasteiger partial charge in [0.2, 0.25) is 0 Å². The zero-order valence-corrected chi connectivity index (χ0v) is 12.6. The fourth-order valence-corrected chi connectivity index (χ4v) is 2.29. The molecule has 111 valence electrons. The van der Waals surface area contributed by atoms with Gasteiger partial charge in [0.25, 0.3) is 0 Å². The number of benzene rings is 1. The summed E-state index contributed by atoms with van der Waals surface area (Å²) in [5.41, 5.74) is 1.30. The van der Waals surface area contributed by atoms with E-state index in [9.17, 15) is 0 Å². The fourth-order valence-electron chi connectivity index (χ4n) is 2.29. The lowest BCUT2D eigenvalue weighted by atomic mass is 10.2. The van der Waals surface area contributed by atoms with Crippen LogP contribution in [0, 0.1) is 0 Å². The summed E-state index contributed by atoms with van der Waals surface area (Å²) in [4.78, 5) is 2.17. The minimum absolute atomic E-state index is 0.567. The maximum absolute atomic E-state index is 5.73. The van der Waals surface area contributed by atoms with Crippen LogP contribution >= 0.6 is 0 Å². The quantitative estimate of drug-likeness (QED) is 0.731. The average Bonchev–Trinajstić information content (AvgIpc) is 2.96.